The smallest absolute Gasteiger partial charge is 0.136 e. The second-order valence-electron chi connectivity index (χ2n) is 6.98. The number of pyridine rings is 1. The molecular formula is C22H28N4O3ReS2-4. The topological polar surface area (TPSA) is 105 Å². The molecule has 0 saturated heterocycles. The fraction of sp³-hybridized carbons (Fsp3) is 0.409. The largest absolute Gasteiger partial charge is 2.00 e. The SMILES string of the molecule is Nc1ccc(-c2cc3cc(OCCCN(CC[S-])CCNCC[S-])ccc3o2)cn1.[O-2].[Re]. The van der Waals surface area contributed by atoms with Crippen molar-refractivity contribution in [1.82, 2.24) is 15.2 Å². The zero-order valence-corrected chi connectivity index (χ0v) is 22.1. The van der Waals surface area contributed by atoms with Crippen molar-refractivity contribution in [2.75, 3.05) is 56.6 Å². The monoisotopic (exact) mass is 647 g/mol. The number of fused-ring (bicyclic) bond motifs is 1. The van der Waals surface area contributed by atoms with Crippen molar-refractivity contribution < 1.29 is 35.1 Å². The Bertz CT molecular complexity index is 912. The third-order valence-electron chi connectivity index (χ3n) is 4.74. The molecule has 0 aliphatic heterocycles. The third-order valence-corrected chi connectivity index (χ3v) is 5.12. The van der Waals surface area contributed by atoms with Crippen molar-refractivity contribution in [2.24, 2.45) is 0 Å². The fourth-order valence-electron chi connectivity index (χ4n) is 3.18. The van der Waals surface area contributed by atoms with E-state index in [0.717, 1.165) is 78.7 Å². The molecule has 0 aliphatic carbocycles. The minimum atomic E-state index is 0. The maximum absolute atomic E-state index is 5.96. The van der Waals surface area contributed by atoms with E-state index in [2.05, 4.69) is 15.2 Å². The van der Waals surface area contributed by atoms with E-state index < -0.39 is 0 Å². The van der Waals surface area contributed by atoms with Crippen LogP contribution in [0.4, 0.5) is 5.82 Å². The molecule has 0 atom stereocenters. The summed E-state index contributed by atoms with van der Waals surface area (Å²) in [5.41, 5.74) is 7.37. The van der Waals surface area contributed by atoms with Crippen LogP contribution in [0.5, 0.6) is 5.75 Å². The van der Waals surface area contributed by atoms with E-state index >= 15 is 0 Å². The van der Waals surface area contributed by atoms with Crippen LogP contribution in [0.15, 0.2) is 47.0 Å². The summed E-state index contributed by atoms with van der Waals surface area (Å²) >= 11 is 10.1. The molecule has 0 unspecified atom stereocenters. The molecule has 0 fully saturated rings. The summed E-state index contributed by atoms with van der Waals surface area (Å²) in [7, 11) is 0. The Hall–Kier alpha value is -1.25. The van der Waals surface area contributed by atoms with E-state index in [1.807, 2.05) is 30.3 Å². The third kappa shape index (κ3) is 8.95. The Labute approximate surface area is 214 Å². The first-order valence-corrected chi connectivity index (χ1v) is 11.3. The molecule has 0 aliphatic rings. The summed E-state index contributed by atoms with van der Waals surface area (Å²) in [6, 6.07) is 11.5. The first kappa shape index (κ1) is 28.8. The van der Waals surface area contributed by atoms with Crippen molar-refractivity contribution in [3.8, 4) is 17.1 Å². The van der Waals surface area contributed by atoms with Gasteiger partial charge in [-0.25, -0.2) is 4.98 Å². The van der Waals surface area contributed by atoms with Crippen molar-refractivity contribution >= 4 is 42.0 Å². The van der Waals surface area contributed by atoms with Gasteiger partial charge >= 0.3 is 0 Å². The summed E-state index contributed by atoms with van der Waals surface area (Å²) in [6.07, 6.45) is 2.66. The van der Waals surface area contributed by atoms with E-state index in [4.69, 9.17) is 40.1 Å². The van der Waals surface area contributed by atoms with E-state index in [1.165, 1.54) is 0 Å². The molecule has 2 aromatic heterocycles. The number of furan rings is 1. The number of anilines is 1. The number of benzene rings is 1. The number of nitrogen functional groups attached to an aromatic ring is 1. The van der Waals surface area contributed by atoms with Crippen LogP contribution in [0.2, 0.25) is 0 Å². The second kappa shape index (κ2) is 15.6. The van der Waals surface area contributed by atoms with E-state index in [-0.39, 0.29) is 25.9 Å². The Morgan fingerprint density at radius 1 is 1.03 bits per heavy atom. The molecule has 3 rings (SSSR count). The number of hydrogen-bond donors (Lipinski definition) is 2. The maximum atomic E-state index is 5.96. The molecule has 7 nitrogen and oxygen atoms in total. The molecule has 0 spiro atoms. The van der Waals surface area contributed by atoms with Gasteiger partial charge in [0.15, 0.2) is 0 Å². The predicted octanol–water partition coefficient (Wildman–Crippen LogP) is 2.71. The summed E-state index contributed by atoms with van der Waals surface area (Å²) < 4.78 is 11.9. The summed E-state index contributed by atoms with van der Waals surface area (Å²) in [5.74, 6) is 3.58. The van der Waals surface area contributed by atoms with Crippen LogP contribution >= 0.6 is 0 Å². The normalized spacial score (nSPS) is 10.7. The molecule has 3 aromatic rings. The zero-order chi connectivity index (χ0) is 21.2. The average Bonchev–Trinajstić information content (AvgIpc) is 3.18. The molecule has 3 N–H and O–H groups in total. The molecular weight excluding hydrogens is 619 g/mol. The minimum absolute atomic E-state index is 0. The van der Waals surface area contributed by atoms with Crippen LogP contribution in [-0.4, -0.2) is 60.7 Å². The first-order valence-electron chi connectivity index (χ1n) is 10.2. The predicted molar refractivity (Wildman–Crippen MR) is 128 cm³/mol. The van der Waals surface area contributed by atoms with E-state index in [0.29, 0.717) is 12.4 Å². The molecule has 177 valence electrons. The fourth-order valence-corrected chi connectivity index (χ4v) is 3.58. The molecule has 0 saturated carbocycles. The number of rotatable bonds is 13. The second-order valence-corrected chi connectivity index (χ2v) is 7.80. The molecule has 1 aromatic carbocycles. The van der Waals surface area contributed by atoms with Gasteiger partial charge in [0, 0.05) is 57.2 Å². The van der Waals surface area contributed by atoms with Gasteiger partial charge < -0.3 is 55.8 Å². The van der Waals surface area contributed by atoms with Crippen LogP contribution < -0.4 is 15.8 Å². The van der Waals surface area contributed by atoms with Crippen molar-refractivity contribution in [3.63, 3.8) is 0 Å². The zero-order valence-electron chi connectivity index (χ0n) is 17.8. The molecule has 1 radical (unpaired) electrons. The maximum Gasteiger partial charge on any atom is 0.136 e. The molecule has 0 amide bonds. The van der Waals surface area contributed by atoms with Crippen LogP contribution in [0.25, 0.3) is 22.3 Å². The number of aromatic nitrogens is 1. The number of ether oxygens (including phenoxy) is 1. The summed E-state index contributed by atoms with van der Waals surface area (Å²) in [5, 5.41) is 4.34. The Kier molecular flexibility index (Phi) is 14.0. The van der Waals surface area contributed by atoms with Gasteiger partial charge in [-0.05, 0) is 55.9 Å². The molecule has 10 heteroatoms. The van der Waals surface area contributed by atoms with Crippen LogP contribution in [-0.2, 0) is 51.2 Å². The van der Waals surface area contributed by atoms with E-state index in [1.54, 1.807) is 12.3 Å². The van der Waals surface area contributed by atoms with Crippen LogP contribution in [0.3, 0.4) is 0 Å². The van der Waals surface area contributed by atoms with Crippen molar-refractivity contribution in [2.45, 2.75) is 6.42 Å². The average molecular weight is 647 g/mol. The molecule has 2 heterocycles. The summed E-state index contributed by atoms with van der Waals surface area (Å²) in [4.78, 5) is 6.50. The van der Waals surface area contributed by atoms with E-state index in [9.17, 15) is 0 Å². The minimum Gasteiger partial charge on any atom is -2.00 e. The van der Waals surface area contributed by atoms with Gasteiger partial charge in [0.25, 0.3) is 0 Å². The quantitative estimate of drug-likeness (QED) is 0.216. The van der Waals surface area contributed by atoms with Gasteiger partial charge in [-0.3, -0.25) is 0 Å². The first-order chi connectivity index (χ1) is 14.7. The van der Waals surface area contributed by atoms with Gasteiger partial charge in [0.2, 0.25) is 0 Å². The molecule has 0 bridgehead atoms. The number of nitrogens with two attached hydrogens (primary N) is 1. The molecule has 32 heavy (non-hydrogen) atoms. The summed E-state index contributed by atoms with van der Waals surface area (Å²) in [6.45, 7) is 5.35. The number of nitrogens with one attached hydrogen (secondary N) is 1. The number of nitrogens with zero attached hydrogens (tertiary/aromatic N) is 2. The van der Waals surface area contributed by atoms with Gasteiger partial charge in [-0.15, -0.1) is 0 Å². The van der Waals surface area contributed by atoms with Crippen LogP contribution in [0.1, 0.15) is 6.42 Å². The Morgan fingerprint density at radius 3 is 2.59 bits per heavy atom. The Morgan fingerprint density at radius 2 is 1.88 bits per heavy atom. The van der Waals surface area contributed by atoms with Crippen LogP contribution in [0, 0.1) is 0 Å². The Balaban J connectivity index is 0.00000256. The van der Waals surface area contributed by atoms with Gasteiger partial charge in [0.05, 0.1) is 6.61 Å². The van der Waals surface area contributed by atoms with Gasteiger partial charge in [-0.2, -0.15) is 11.5 Å². The van der Waals surface area contributed by atoms with Crippen molar-refractivity contribution in [1.29, 1.82) is 0 Å². The van der Waals surface area contributed by atoms with Gasteiger partial charge in [-0.1, -0.05) is 0 Å². The van der Waals surface area contributed by atoms with Crippen molar-refractivity contribution in [3.05, 3.63) is 42.6 Å². The van der Waals surface area contributed by atoms with Gasteiger partial charge in [0.1, 0.15) is 22.9 Å². The standard InChI is InChI=1S/C22H30N4O2S2.O.Re/c23-22-5-2-17(16-25-22)21-15-18-14-19(3-4-20(18)28-21)27-11-1-8-26(10-13-30)9-6-24-7-12-29;;/h2-5,14-16,24,29-30H,1,6-13H2,(H2,23,25);;/q;-2;/p-2. The number of hydrogen-bond acceptors (Lipinski definition) is 8.